The maximum absolute atomic E-state index is 11.4. The zero-order valence-electron chi connectivity index (χ0n) is 13.9. The molecule has 0 amide bonds. The molecule has 4 unspecified atom stereocenters. The van der Waals surface area contributed by atoms with Crippen LogP contribution in [0.4, 0.5) is 0 Å². The third-order valence-electron chi connectivity index (χ3n) is 5.48. The molecule has 2 nitrogen and oxygen atoms in total. The van der Waals surface area contributed by atoms with E-state index < -0.39 is 5.60 Å². The lowest BCUT2D eigenvalue weighted by molar-refractivity contribution is -0.0358. The van der Waals surface area contributed by atoms with E-state index >= 15 is 0 Å². The SMILES string of the molecule is CN(C)C(c1ccccc1)C1CCC2CC=CC=C2C1(C)O. The van der Waals surface area contributed by atoms with Gasteiger partial charge in [-0.3, -0.25) is 0 Å². The maximum atomic E-state index is 11.4. The number of hydrogen-bond acceptors (Lipinski definition) is 2. The number of allylic oxidation sites excluding steroid dienone is 3. The van der Waals surface area contributed by atoms with E-state index in [4.69, 9.17) is 0 Å². The fourth-order valence-electron chi connectivity index (χ4n) is 4.41. The molecule has 118 valence electrons. The predicted octanol–water partition coefficient (Wildman–Crippen LogP) is 3.95. The quantitative estimate of drug-likeness (QED) is 0.913. The molecule has 0 radical (unpaired) electrons. The van der Waals surface area contributed by atoms with Crippen LogP contribution in [0.15, 0.2) is 54.1 Å². The minimum Gasteiger partial charge on any atom is -0.385 e. The molecule has 22 heavy (non-hydrogen) atoms. The van der Waals surface area contributed by atoms with Crippen LogP contribution in [0.25, 0.3) is 0 Å². The summed E-state index contributed by atoms with van der Waals surface area (Å²) in [5, 5.41) is 11.4. The van der Waals surface area contributed by atoms with Crippen molar-refractivity contribution in [3.63, 3.8) is 0 Å². The van der Waals surface area contributed by atoms with Crippen LogP contribution in [-0.2, 0) is 0 Å². The van der Waals surface area contributed by atoms with Crippen molar-refractivity contribution in [2.45, 2.75) is 37.8 Å². The second-order valence-electron chi connectivity index (χ2n) is 7.13. The molecule has 2 heteroatoms. The number of nitrogens with zero attached hydrogens (tertiary/aromatic N) is 1. The summed E-state index contributed by atoms with van der Waals surface area (Å²) in [6.45, 7) is 2.02. The minimum absolute atomic E-state index is 0.221. The molecule has 2 aliphatic carbocycles. The molecule has 2 aliphatic rings. The van der Waals surface area contributed by atoms with Gasteiger partial charge in [0.2, 0.25) is 0 Å². The normalized spacial score (nSPS) is 32.5. The summed E-state index contributed by atoms with van der Waals surface area (Å²) in [6.07, 6.45) is 9.81. The van der Waals surface area contributed by atoms with Gasteiger partial charge in [0.15, 0.2) is 0 Å². The molecule has 1 fully saturated rings. The Bertz CT molecular complexity index is 571. The topological polar surface area (TPSA) is 23.5 Å². The lowest BCUT2D eigenvalue weighted by Gasteiger charge is -2.49. The zero-order chi connectivity index (χ0) is 15.7. The van der Waals surface area contributed by atoms with Gasteiger partial charge in [0, 0.05) is 12.0 Å². The molecule has 3 rings (SSSR count). The average Bonchev–Trinajstić information content (AvgIpc) is 2.51. The number of hydrogen-bond donors (Lipinski definition) is 1. The van der Waals surface area contributed by atoms with E-state index in [-0.39, 0.29) is 12.0 Å². The van der Waals surface area contributed by atoms with Crippen molar-refractivity contribution in [3.8, 4) is 0 Å². The summed E-state index contributed by atoms with van der Waals surface area (Å²) in [7, 11) is 4.24. The van der Waals surface area contributed by atoms with Gasteiger partial charge >= 0.3 is 0 Å². The van der Waals surface area contributed by atoms with Crippen molar-refractivity contribution in [1.29, 1.82) is 0 Å². The summed E-state index contributed by atoms with van der Waals surface area (Å²) in [5.74, 6) is 0.744. The Morgan fingerprint density at radius 2 is 1.91 bits per heavy atom. The summed E-state index contributed by atoms with van der Waals surface area (Å²) in [4.78, 5) is 2.26. The minimum atomic E-state index is -0.738. The molecule has 1 aromatic rings. The molecule has 0 aromatic heterocycles. The molecule has 4 atom stereocenters. The fourth-order valence-corrected chi connectivity index (χ4v) is 4.41. The molecule has 0 saturated heterocycles. The predicted molar refractivity (Wildman–Crippen MR) is 91.5 cm³/mol. The van der Waals surface area contributed by atoms with Crippen LogP contribution in [-0.4, -0.2) is 29.7 Å². The van der Waals surface area contributed by atoms with Crippen LogP contribution in [0, 0.1) is 11.8 Å². The molecule has 0 aliphatic heterocycles. The van der Waals surface area contributed by atoms with Crippen LogP contribution < -0.4 is 0 Å². The second kappa shape index (κ2) is 6.02. The Morgan fingerprint density at radius 3 is 2.59 bits per heavy atom. The molecular weight excluding hydrogens is 270 g/mol. The summed E-state index contributed by atoms with van der Waals surface area (Å²) in [5.41, 5.74) is 1.79. The largest absolute Gasteiger partial charge is 0.385 e. The molecule has 1 aromatic carbocycles. The van der Waals surface area contributed by atoms with Crippen molar-refractivity contribution >= 4 is 0 Å². The first-order valence-electron chi connectivity index (χ1n) is 8.32. The van der Waals surface area contributed by atoms with Gasteiger partial charge in [-0.1, -0.05) is 48.6 Å². The van der Waals surface area contributed by atoms with E-state index in [0.29, 0.717) is 5.92 Å². The van der Waals surface area contributed by atoms with Gasteiger partial charge in [0.05, 0.1) is 5.60 Å². The summed E-state index contributed by atoms with van der Waals surface area (Å²) in [6, 6.07) is 10.8. The highest BCUT2D eigenvalue weighted by atomic mass is 16.3. The lowest BCUT2D eigenvalue weighted by atomic mass is 9.63. The van der Waals surface area contributed by atoms with E-state index in [0.717, 1.165) is 12.8 Å². The summed E-state index contributed by atoms with van der Waals surface area (Å²) < 4.78 is 0. The number of aliphatic hydroxyl groups is 1. The highest BCUT2D eigenvalue weighted by Crippen LogP contribution is 2.49. The van der Waals surface area contributed by atoms with E-state index in [1.165, 1.54) is 17.6 Å². The standard InChI is InChI=1S/C20H27NO/c1-20(22)17-12-8-7-9-15(17)13-14-18(20)19(21(2)3)16-10-5-4-6-11-16/h4-8,10-12,15,18-19,22H,9,13-14H2,1-3H3. The number of benzene rings is 1. The number of rotatable bonds is 3. The maximum Gasteiger partial charge on any atom is 0.0880 e. The van der Waals surface area contributed by atoms with Gasteiger partial charge < -0.3 is 10.0 Å². The smallest absolute Gasteiger partial charge is 0.0880 e. The first-order chi connectivity index (χ1) is 10.5. The van der Waals surface area contributed by atoms with Crippen molar-refractivity contribution < 1.29 is 5.11 Å². The Labute approximate surface area is 134 Å². The Balaban J connectivity index is 1.98. The third-order valence-corrected chi connectivity index (χ3v) is 5.48. The van der Waals surface area contributed by atoms with Crippen LogP contribution >= 0.6 is 0 Å². The Hall–Kier alpha value is -1.38. The summed E-state index contributed by atoms with van der Waals surface area (Å²) >= 11 is 0. The molecule has 1 N–H and O–H groups in total. The van der Waals surface area contributed by atoms with E-state index in [2.05, 4.69) is 67.6 Å². The van der Waals surface area contributed by atoms with Gasteiger partial charge in [-0.15, -0.1) is 0 Å². The highest BCUT2D eigenvalue weighted by molar-refractivity contribution is 5.33. The van der Waals surface area contributed by atoms with Crippen molar-refractivity contribution in [2.75, 3.05) is 14.1 Å². The van der Waals surface area contributed by atoms with Gasteiger partial charge in [0.25, 0.3) is 0 Å². The van der Waals surface area contributed by atoms with E-state index in [1.54, 1.807) is 0 Å². The van der Waals surface area contributed by atoms with Crippen LogP contribution in [0.2, 0.25) is 0 Å². The monoisotopic (exact) mass is 297 g/mol. The van der Waals surface area contributed by atoms with Crippen LogP contribution in [0.3, 0.4) is 0 Å². The lowest BCUT2D eigenvalue weighted by Crippen LogP contribution is -2.49. The van der Waals surface area contributed by atoms with Crippen molar-refractivity contribution in [1.82, 2.24) is 4.90 Å². The molecule has 0 heterocycles. The molecule has 1 saturated carbocycles. The van der Waals surface area contributed by atoms with Gasteiger partial charge in [-0.25, -0.2) is 0 Å². The zero-order valence-corrected chi connectivity index (χ0v) is 13.9. The first-order valence-corrected chi connectivity index (χ1v) is 8.32. The number of fused-ring (bicyclic) bond motifs is 1. The van der Waals surface area contributed by atoms with Gasteiger partial charge in [-0.2, -0.15) is 0 Å². The average molecular weight is 297 g/mol. The Kier molecular flexibility index (Phi) is 4.24. The first kappa shape index (κ1) is 15.5. The fraction of sp³-hybridized carbons (Fsp3) is 0.500. The molecule has 0 spiro atoms. The molecular formula is C20H27NO. The van der Waals surface area contributed by atoms with Gasteiger partial charge in [0.1, 0.15) is 0 Å². The van der Waals surface area contributed by atoms with Crippen molar-refractivity contribution in [2.24, 2.45) is 11.8 Å². The van der Waals surface area contributed by atoms with Crippen molar-refractivity contribution in [3.05, 3.63) is 59.7 Å². The van der Waals surface area contributed by atoms with E-state index in [1.807, 2.05) is 6.92 Å². The molecule has 0 bridgehead atoms. The Morgan fingerprint density at radius 1 is 1.18 bits per heavy atom. The third kappa shape index (κ3) is 2.66. The second-order valence-corrected chi connectivity index (χ2v) is 7.13. The van der Waals surface area contributed by atoms with Gasteiger partial charge in [-0.05, 0) is 57.3 Å². The van der Waals surface area contributed by atoms with E-state index in [9.17, 15) is 5.11 Å². The van der Waals surface area contributed by atoms with Crippen LogP contribution in [0.1, 0.15) is 37.8 Å². The van der Waals surface area contributed by atoms with Crippen LogP contribution in [0.5, 0.6) is 0 Å². The highest BCUT2D eigenvalue weighted by Gasteiger charge is 2.47.